The average Bonchev–Trinajstić information content (AvgIpc) is 3.29. The number of aromatic nitrogens is 2. The molecule has 0 spiro atoms. The van der Waals surface area contributed by atoms with Gasteiger partial charge in [-0.3, -0.25) is 14.5 Å². The third-order valence-corrected chi connectivity index (χ3v) is 7.93. The molecular weight excluding hydrogens is 473 g/mol. The van der Waals surface area contributed by atoms with Crippen molar-refractivity contribution in [3.63, 3.8) is 0 Å². The van der Waals surface area contributed by atoms with Crippen LogP contribution in [0.2, 0.25) is 5.02 Å². The zero-order chi connectivity index (χ0) is 23.8. The van der Waals surface area contributed by atoms with Crippen LogP contribution in [-0.4, -0.2) is 84.0 Å². The quantitative estimate of drug-likeness (QED) is 0.674. The van der Waals surface area contributed by atoms with Gasteiger partial charge in [0, 0.05) is 32.2 Å². The van der Waals surface area contributed by atoms with Crippen molar-refractivity contribution >= 4 is 39.1 Å². The van der Waals surface area contributed by atoms with Gasteiger partial charge in [0.05, 0.1) is 40.4 Å². The average molecular weight is 498 g/mol. The molecule has 9 nitrogen and oxygen atoms in total. The zero-order valence-corrected chi connectivity index (χ0v) is 19.7. The Kier molecular flexibility index (Phi) is 6.73. The third kappa shape index (κ3) is 5.53. The molecule has 1 N–H and O–H groups in total. The van der Waals surface area contributed by atoms with E-state index in [9.17, 15) is 22.4 Å². The van der Waals surface area contributed by atoms with Crippen LogP contribution in [0, 0.1) is 12.7 Å². The Balaban J connectivity index is 1.32. The molecule has 2 aliphatic rings. The van der Waals surface area contributed by atoms with Gasteiger partial charge in [0.1, 0.15) is 11.6 Å². The second-order valence-electron chi connectivity index (χ2n) is 8.41. The maximum Gasteiger partial charge on any atom is 0.255 e. The molecule has 1 atom stereocenters. The van der Waals surface area contributed by atoms with Gasteiger partial charge in [0.25, 0.3) is 5.91 Å². The normalized spacial score (nSPS) is 20.7. The molecule has 2 fully saturated rings. The molecule has 2 aromatic rings. The van der Waals surface area contributed by atoms with E-state index in [4.69, 9.17) is 11.6 Å². The SMILES string of the molecule is Cc1cc(NC(=O)CN2CCN(C(=O)c3ccc(F)cc3Cl)CC2)n(C2CCS(=O)(=O)C2)n1. The molecule has 12 heteroatoms. The predicted molar refractivity (Wildman–Crippen MR) is 122 cm³/mol. The second kappa shape index (κ2) is 9.40. The molecule has 3 heterocycles. The number of aryl methyl sites for hydroxylation is 1. The smallest absolute Gasteiger partial charge is 0.255 e. The lowest BCUT2D eigenvalue weighted by molar-refractivity contribution is -0.117. The molecular formula is C21H25ClFN5O4S. The molecule has 1 aromatic heterocycles. The highest BCUT2D eigenvalue weighted by Crippen LogP contribution is 2.27. The standard InChI is InChI=1S/C21H25ClFN5O4S/c1-14-10-19(28(25-14)16-4-9-33(31,32)13-16)24-20(29)12-26-5-7-27(8-6-26)21(30)17-3-2-15(23)11-18(17)22/h2-3,10-11,16H,4-9,12-13H2,1H3,(H,24,29). The summed E-state index contributed by atoms with van der Waals surface area (Å²) in [4.78, 5) is 28.9. The van der Waals surface area contributed by atoms with Gasteiger partial charge in [0.2, 0.25) is 5.91 Å². The molecule has 33 heavy (non-hydrogen) atoms. The number of hydrogen-bond donors (Lipinski definition) is 1. The Morgan fingerprint density at radius 2 is 1.94 bits per heavy atom. The lowest BCUT2D eigenvalue weighted by atomic mass is 10.1. The van der Waals surface area contributed by atoms with Gasteiger partial charge < -0.3 is 10.2 Å². The number of nitrogens with zero attached hydrogens (tertiary/aromatic N) is 4. The van der Waals surface area contributed by atoms with E-state index in [2.05, 4.69) is 10.4 Å². The fraction of sp³-hybridized carbons (Fsp3) is 0.476. The Bertz CT molecular complexity index is 1180. The van der Waals surface area contributed by atoms with Crippen molar-refractivity contribution in [1.82, 2.24) is 19.6 Å². The van der Waals surface area contributed by atoms with Crippen molar-refractivity contribution in [3.8, 4) is 0 Å². The van der Waals surface area contributed by atoms with Crippen LogP contribution < -0.4 is 5.32 Å². The maximum absolute atomic E-state index is 13.2. The van der Waals surface area contributed by atoms with Gasteiger partial charge in [-0.05, 0) is 31.5 Å². The Morgan fingerprint density at radius 3 is 2.58 bits per heavy atom. The first-order chi connectivity index (χ1) is 15.6. The van der Waals surface area contributed by atoms with Crippen LogP contribution >= 0.6 is 11.6 Å². The van der Waals surface area contributed by atoms with Crippen LogP contribution in [0.25, 0.3) is 0 Å². The summed E-state index contributed by atoms with van der Waals surface area (Å²) in [5.74, 6) is -0.382. The van der Waals surface area contributed by atoms with Crippen molar-refractivity contribution in [3.05, 3.63) is 46.4 Å². The minimum atomic E-state index is -3.08. The summed E-state index contributed by atoms with van der Waals surface area (Å²) in [6.07, 6.45) is 0.473. The third-order valence-electron chi connectivity index (χ3n) is 5.87. The number of anilines is 1. The van der Waals surface area contributed by atoms with E-state index in [-0.39, 0.29) is 46.5 Å². The summed E-state index contributed by atoms with van der Waals surface area (Å²) >= 11 is 6.00. The molecule has 4 rings (SSSR count). The molecule has 0 saturated carbocycles. The molecule has 1 unspecified atom stereocenters. The lowest BCUT2D eigenvalue weighted by Crippen LogP contribution is -2.50. The number of carbonyl (C=O) groups is 2. The van der Waals surface area contributed by atoms with Gasteiger partial charge in [-0.15, -0.1) is 0 Å². The van der Waals surface area contributed by atoms with Crippen molar-refractivity contribution < 1.29 is 22.4 Å². The minimum absolute atomic E-state index is 0.0189. The van der Waals surface area contributed by atoms with Gasteiger partial charge in [0.15, 0.2) is 9.84 Å². The highest BCUT2D eigenvalue weighted by atomic mass is 35.5. The highest BCUT2D eigenvalue weighted by molar-refractivity contribution is 7.91. The van der Waals surface area contributed by atoms with E-state index in [1.54, 1.807) is 22.6 Å². The van der Waals surface area contributed by atoms with Crippen molar-refractivity contribution in [2.75, 3.05) is 49.5 Å². The van der Waals surface area contributed by atoms with E-state index >= 15 is 0 Å². The van der Waals surface area contributed by atoms with E-state index in [1.165, 1.54) is 12.1 Å². The van der Waals surface area contributed by atoms with Crippen LogP contribution in [0.5, 0.6) is 0 Å². The number of rotatable bonds is 5. The largest absolute Gasteiger partial charge is 0.336 e. The molecule has 0 aliphatic carbocycles. The molecule has 178 valence electrons. The van der Waals surface area contributed by atoms with Crippen LogP contribution in [0.1, 0.15) is 28.5 Å². The molecule has 2 aliphatic heterocycles. The number of piperazine rings is 1. The number of benzene rings is 1. The first-order valence-corrected chi connectivity index (χ1v) is 12.8. The summed E-state index contributed by atoms with van der Waals surface area (Å²) in [7, 11) is -3.08. The number of hydrogen-bond acceptors (Lipinski definition) is 6. The summed E-state index contributed by atoms with van der Waals surface area (Å²) < 4.78 is 38.5. The van der Waals surface area contributed by atoms with Crippen molar-refractivity contribution in [2.24, 2.45) is 0 Å². The Labute approximate surface area is 196 Å². The number of halogens is 2. The predicted octanol–water partition coefficient (Wildman–Crippen LogP) is 1.74. The fourth-order valence-electron chi connectivity index (χ4n) is 4.18. The monoisotopic (exact) mass is 497 g/mol. The summed E-state index contributed by atoms with van der Waals surface area (Å²) in [5, 5.41) is 7.29. The number of sulfone groups is 1. The zero-order valence-electron chi connectivity index (χ0n) is 18.1. The highest BCUT2D eigenvalue weighted by Gasteiger charge is 2.31. The lowest BCUT2D eigenvalue weighted by Gasteiger charge is -2.34. The van der Waals surface area contributed by atoms with E-state index in [1.807, 2.05) is 4.90 Å². The number of carbonyl (C=O) groups excluding carboxylic acids is 2. The fourth-order valence-corrected chi connectivity index (χ4v) is 6.12. The van der Waals surface area contributed by atoms with Crippen LogP contribution in [0.4, 0.5) is 10.2 Å². The number of amides is 2. The van der Waals surface area contributed by atoms with E-state index in [0.717, 1.165) is 6.07 Å². The van der Waals surface area contributed by atoms with Gasteiger partial charge >= 0.3 is 0 Å². The molecule has 2 amide bonds. The maximum atomic E-state index is 13.2. The second-order valence-corrected chi connectivity index (χ2v) is 11.0. The minimum Gasteiger partial charge on any atom is -0.336 e. The molecule has 1 aromatic carbocycles. The van der Waals surface area contributed by atoms with Crippen molar-refractivity contribution in [2.45, 2.75) is 19.4 Å². The van der Waals surface area contributed by atoms with Gasteiger partial charge in [-0.25, -0.2) is 17.5 Å². The van der Waals surface area contributed by atoms with Crippen LogP contribution in [0.3, 0.4) is 0 Å². The summed E-state index contributed by atoms with van der Waals surface area (Å²) in [5.41, 5.74) is 0.947. The topological polar surface area (TPSA) is 105 Å². The first kappa shape index (κ1) is 23.7. The van der Waals surface area contributed by atoms with Crippen molar-refractivity contribution in [1.29, 1.82) is 0 Å². The molecule has 2 saturated heterocycles. The Morgan fingerprint density at radius 1 is 1.21 bits per heavy atom. The van der Waals surface area contributed by atoms with Crippen LogP contribution in [-0.2, 0) is 14.6 Å². The van der Waals surface area contributed by atoms with Gasteiger partial charge in [-0.2, -0.15) is 5.10 Å². The van der Waals surface area contributed by atoms with Gasteiger partial charge in [-0.1, -0.05) is 11.6 Å². The summed E-state index contributed by atoms with van der Waals surface area (Å²) in [6, 6.07) is 5.13. The number of nitrogens with one attached hydrogen (secondary N) is 1. The molecule has 0 bridgehead atoms. The van der Waals surface area contributed by atoms with E-state index in [0.29, 0.717) is 44.1 Å². The molecule has 0 radical (unpaired) electrons. The Hall–Kier alpha value is -2.50. The van der Waals surface area contributed by atoms with E-state index < -0.39 is 15.7 Å². The first-order valence-electron chi connectivity index (χ1n) is 10.6. The van der Waals surface area contributed by atoms with Crippen LogP contribution in [0.15, 0.2) is 24.3 Å². The summed E-state index contributed by atoms with van der Waals surface area (Å²) in [6.45, 7) is 3.74.